The summed E-state index contributed by atoms with van der Waals surface area (Å²) in [6, 6.07) is 19.6. The van der Waals surface area contributed by atoms with E-state index in [1.54, 1.807) is 35.2 Å². The van der Waals surface area contributed by atoms with Gasteiger partial charge in [0.1, 0.15) is 5.69 Å². The van der Waals surface area contributed by atoms with Crippen LogP contribution in [0.15, 0.2) is 72.8 Å². The van der Waals surface area contributed by atoms with E-state index < -0.39 is 22.8 Å². The number of nitrogens with one attached hydrogen (secondary N) is 1. The quantitative estimate of drug-likeness (QED) is 0.329. The van der Waals surface area contributed by atoms with E-state index in [0.717, 1.165) is 5.56 Å². The molecule has 2 N–H and O–H groups in total. The average molecular weight is 531 g/mol. The van der Waals surface area contributed by atoms with Crippen molar-refractivity contribution in [2.24, 2.45) is 0 Å². The Morgan fingerprint density at radius 3 is 2.33 bits per heavy atom. The van der Waals surface area contributed by atoms with Crippen molar-refractivity contribution in [1.82, 2.24) is 10.2 Å². The van der Waals surface area contributed by atoms with Crippen molar-refractivity contribution < 1.29 is 24.4 Å². The van der Waals surface area contributed by atoms with Gasteiger partial charge >= 0.3 is 5.97 Å². The van der Waals surface area contributed by atoms with Gasteiger partial charge in [-0.2, -0.15) is 0 Å². The van der Waals surface area contributed by atoms with Gasteiger partial charge in [-0.1, -0.05) is 48.0 Å². The maximum Gasteiger partial charge on any atom is 0.305 e. The van der Waals surface area contributed by atoms with Crippen LogP contribution in [0.3, 0.4) is 0 Å². The van der Waals surface area contributed by atoms with Crippen molar-refractivity contribution in [3.8, 4) is 0 Å². The number of carboxylic acids is 1. The molecular formula is C29H30N4O6. The van der Waals surface area contributed by atoms with Gasteiger partial charge in [0.05, 0.1) is 17.4 Å². The zero-order valence-electron chi connectivity index (χ0n) is 21.6. The summed E-state index contributed by atoms with van der Waals surface area (Å²) in [5, 5.41) is 24.1. The number of carboxylic acid groups (broad SMARTS) is 1. The molecular weight excluding hydrogens is 500 g/mol. The fourth-order valence-corrected chi connectivity index (χ4v) is 4.67. The number of nitro groups is 1. The Labute approximate surface area is 226 Å². The van der Waals surface area contributed by atoms with E-state index >= 15 is 0 Å². The van der Waals surface area contributed by atoms with Gasteiger partial charge < -0.3 is 20.2 Å². The summed E-state index contributed by atoms with van der Waals surface area (Å²) in [4.78, 5) is 52.5. The van der Waals surface area contributed by atoms with E-state index in [1.807, 2.05) is 42.2 Å². The summed E-state index contributed by atoms with van der Waals surface area (Å²) < 4.78 is 0. The summed E-state index contributed by atoms with van der Waals surface area (Å²) in [6.07, 6.45) is 0.298. The van der Waals surface area contributed by atoms with Crippen molar-refractivity contribution in [2.45, 2.75) is 25.8 Å². The lowest BCUT2D eigenvalue weighted by atomic mass is 10.0. The summed E-state index contributed by atoms with van der Waals surface area (Å²) in [5.74, 6) is -1.77. The number of benzene rings is 3. The van der Waals surface area contributed by atoms with Crippen LogP contribution in [-0.2, 0) is 4.79 Å². The number of carbonyl (C=O) groups is 3. The highest BCUT2D eigenvalue weighted by molar-refractivity contribution is 5.96. The summed E-state index contributed by atoms with van der Waals surface area (Å²) >= 11 is 0. The van der Waals surface area contributed by atoms with Gasteiger partial charge in [-0.3, -0.25) is 24.5 Å². The number of aliphatic carboxylic acids is 1. The van der Waals surface area contributed by atoms with E-state index in [-0.39, 0.29) is 23.6 Å². The minimum absolute atomic E-state index is 0.0589. The van der Waals surface area contributed by atoms with Crippen molar-refractivity contribution in [1.29, 1.82) is 0 Å². The molecule has 1 fully saturated rings. The van der Waals surface area contributed by atoms with Crippen LogP contribution in [0.2, 0.25) is 0 Å². The topological polar surface area (TPSA) is 133 Å². The predicted molar refractivity (Wildman–Crippen MR) is 146 cm³/mol. The Morgan fingerprint density at radius 1 is 0.949 bits per heavy atom. The normalized spacial score (nSPS) is 14.3. The zero-order chi connectivity index (χ0) is 27.9. The third kappa shape index (κ3) is 6.78. The number of nitrogens with zero attached hydrogens (tertiary/aromatic N) is 3. The second-order valence-electron chi connectivity index (χ2n) is 9.49. The van der Waals surface area contributed by atoms with Gasteiger partial charge in [0, 0.05) is 43.4 Å². The second kappa shape index (κ2) is 12.2. The molecule has 1 atom stereocenters. The fourth-order valence-electron chi connectivity index (χ4n) is 4.67. The van der Waals surface area contributed by atoms with E-state index in [4.69, 9.17) is 0 Å². The lowest BCUT2D eigenvalue weighted by Gasteiger charge is -2.24. The van der Waals surface area contributed by atoms with Crippen LogP contribution in [0.1, 0.15) is 50.7 Å². The molecule has 202 valence electrons. The van der Waals surface area contributed by atoms with Crippen molar-refractivity contribution in [3.63, 3.8) is 0 Å². The third-order valence-corrected chi connectivity index (χ3v) is 6.74. The summed E-state index contributed by atoms with van der Waals surface area (Å²) in [6.45, 7) is 3.75. The number of carbonyl (C=O) groups excluding carboxylic acids is 2. The molecule has 2 amide bonds. The van der Waals surface area contributed by atoms with Crippen LogP contribution in [0.5, 0.6) is 0 Å². The number of rotatable bonds is 8. The first-order valence-corrected chi connectivity index (χ1v) is 12.7. The fraction of sp³-hybridized carbons (Fsp3) is 0.276. The molecule has 0 spiro atoms. The van der Waals surface area contributed by atoms with E-state index in [2.05, 4.69) is 5.32 Å². The zero-order valence-corrected chi connectivity index (χ0v) is 21.6. The molecule has 0 aromatic heterocycles. The SMILES string of the molecule is Cc1ccc(C(CC(=O)O)NC(=O)c2ccc(N3CCCN(C(=O)c4ccccc4)CC3)c([N+](=O)[O-])c2)cc1. The van der Waals surface area contributed by atoms with E-state index in [1.165, 1.54) is 12.1 Å². The first-order valence-electron chi connectivity index (χ1n) is 12.7. The number of hydrogen-bond donors (Lipinski definition) is 2. The maximum atomic E-state index is 13.1. The van der Waals surface area contributed by atoms with Crippen LogP contribution in [-0.4, -0.2) is 58.9 Å². The minimum Gasteiger partial charge on any atom is -0.481 e. The minimum atomic E-state index is -1.08. The van der Waals surface area contributed by atoms with E-state index in [9.17, 15) is 29.6 Å². The van der Waals surface area contributed by atoms with Gasteiger partial charge in [0.15, 0.2) is 0 Å². The Kier molecular flexibility index (Phi) is 8.55. The maximum absolute atomic E-state index is 13.1. The standard InChI is InChI=1S/C29H30N4O6/c1-20-8-10-21(11-9-20)24(19-27(34)35)30-28(36)23-12-13-25(26(18-23)33(38)39)31-14-5-15-32(17-16-31)29(37)22-6-3-2-4-7-22/h2-4,6-13,18,24H,5,14-17,19H2,1H3,(H,30,36)(H,34,35). The van der Waals surface area contributed by atoms with Crippen LogP contribution in [0.4, 0.5) is 11.4 Å². The van der Waals surface area contributed by atoms with Gasteiger partial charge in [0.2, 0.25) is 0 Å². The molecule has 3 aromatic rings. The van der Waals surface area contributed by atoms with Crippen LogP contribution in [0, 0.1) is 17.0 Å². The summed E-state index contributed by atoms with van der Waals surface area (Å²) in [7, 11) is 0. The highest BCUT2D eigenvalue weighted by Crippen LogP contribution is 2.31. The van der Waals surface area contributed by atoms with Crippen LogP contribution >= 0.6 is 0 Å². The number of amides is 2. The van der Waals surface area contributed by atoms with Crippen molar-refractivity contribution in [2.75, 3.05) is 31.1 Å². The molecule has 0 aliphatic carbocycles. The molecule has 4 rings (SSSR count). The first-order chi connectivity index (χ1) is 18.7. The van der Waals surface area contributed by atoms with Crippen molar-refractivity contribution in [3.05, 3.63) is 105 Å². The predicted octanol–water partition coefficient (Wildman–Crippen LogP) is 4.20. The van der Waals surface area contributed by atoms with Gasteiger partial charge in [0.25, 0.3) is 17.5 Å². The Bertz CT molecular complexity index is 1360. The van der Waals surface area contributed by atoms with E-state index in [0.29, 0.717) is 49.4 Å². The average Bonchev–Trinajstić information content (AvgIpc) is 3.19. The molecule has 1 aliphatic rings. The number of aryl methyl sites for hydroxylation is 1. The van der Waals surface area contributed by atoms with Gasteiger partial charge in [-0.15, -0.1) is 0 Å². The molecule has 10 nitrogen and oxygen atoms in total. The summed E-state index contributed by atoms with van der Waals surface area (Å²) in [5.41, 5.74) is 2.41. The Morgan fingerprint density at radius 2 is 1.67 bits per heavy atom. The lowest BCUT2D eigenvalue weighted by Crippen LogP contribution is -2.35. The molecule has 1 heterocycles. The van der Waals surface area contributed by atoms with Crippen LogP contribution in [0.25, 0.3) is 0 Å². The molecule has 39 heavy (non-hydrogen) atoms. The van der Waals surface area contributed by atoms with Gasteiger partial charge in [-0.25, -0.2) is 0 Å². The highest BCUT2D eigenvalue weighted by Gasteiger charge is 2.27. The number of nitro benzene ring substituents is 1. The third-order valence-electron chi connectivity index (χ3n) is 6.74. The molecule has 10 heteroatoms. The molecule has 1 unspecified atom stereocenters. The monoisotopic (exact) mass is 530 g/mol. The first kappa shape index (κ1) is 27.3. The lowest BCUT2D eigenvalue weighted by molar-refractivity contribution is -0.384. The number of hydrogen-bond acceptors (Lipinski definition) is 6. The largest absolute Gasteiger partial charge is 0.481 e. The molecule has 0 radical (unpaired) electrons. The molecule has 0 bridgehead atoms. The Balaban J connectivity index is 1.51. The molecule has 1 aliphatic heterocycles. The smallest absolute Gasteiger partial charge is 0.305 e. The molecule has 0 saturated carbocycles. The highest BCUT2D eigenvalue weighted by atomic mass is 16.6. The second-order valence-corrected chi connectivity index (χ2v) is 9.49. The Hall–Kier alpha value is -4.73. The molecule has 3 aromatic carbocycles. The number of anilines is 1. The van der Waals surface area contributed by atoms with Crippen LogP contribution < -0.4 is 10.2 Å². The van der Waals surface area contributed by atoms with Crippen molar-refractivity contribution >= 4 is 29.2 Å². The molecule has 1 saturated heterocycles. The van der Waals surface area contributed by atoms with Gasteiger partial charge in [-0.05, 0) is 43.2 Å².